The molecule has 0 fully saturated rings. The summed E-state index contributed by atoms with van der Waals surface area (Å²) in [7, 11) is -2.39. The number of nitro benzene ring substituents is 1. The first-order chi connectivity index (χ1) is 9.79. The van der Waals surface area contributed by atoms with E-state index in [0.29, 0.717) is 5.69 Å². The van der Waals surface area contributed by atoms with Crippen LogP contribution in [-0.2, 0) is 23.7 Å². The molecule has 0 bridgehead atoms. The molecule has 0 aliphatic heterocycles. The predicted molar refractivity (Wildman–Crippen MR) is 72.0 cm³/mol. The zero-order valence-corrected chi connectivity index (χ0v) is 11.8. The molecule has 0 saturated heterocycles. The number of ether oxygens (including phenoxy) is 1. The minimum Gasteiger partial charge on any atom is -0.486 e. The van der Waals surface area contributed by atoms with Crippen molar-refractivity contribution in [3.8, 4) is 5.75 Å². The van der Waals surface area contributed by atoms with Gasteiger partial charge >= 0.3 is 0 Å². The molecule has 0 saturated carbocycles. The molecule has 1 aromatic heterocycles. The van der Waals surface area contributed by atoms with Gasteiger partial charge < -0.3 is 9.30 Å². The van der Waals surface area contributed by atoms with Gasteiger partial charge in [-0.05, 0) is 6.07 Å². The number of sulfonamides is 1. The molecule has 1 heterocycles. The lowest BCUT2D eigenvalue weighted by Gasteiger charge is -2.10. The van der Waals surface area contributed by atoms with Gasteiger partial charge in [0.25, 0.3) is 5.69 Å². The van der Waals surface area contributed by atoms with Crippen LogP contribution in [0.5, 0.6) is 5.75 Å². The van der Waals surface area contributed by atoms with E-state index >= 15 is 0 Å². The van der Waals surface area contributed by atoms with E-state index in [4.69, 9.17) is 9.88 Å². The third kappa shape index (κ3) is 3.35. The SMILES string of the molecule is Cn1cncc1COc1ccc([N+](=O)[O-])cc1S(N)(=O)=O. The summed E-state index contributed by atoms with van der Waals surface area (Å²) in [6, 6.07) is 3.22. The van der Waals surface area contributed by atoms with Gasteiger partial charge in [0.15, 0.2) is 0 Å². The largest absolute Gasteiger partial charge is 0.486 e. The quantitative estimate of drug-likeness (QED) is 0.634. The molecule has 2 aromatic rings. The van der Waals surface area contributed by atoms with Crippen molar-refractivity contribution in [1.29, 1.82) is 0 Å². The molecule has 0 amide bonds. The topological polar surface area (TPSA) is 130 Å². The Morgan fingerprint density at radius 1 is 1.48 bits per heavy atom. The van der Waals surface area contributed by atoms with E-state index in [1.807, 2.05) is 0 Å². The lowest BCUT2D eigenvalue weighted by molar-refractivity contribution is -0.385. The number of hydrogen-bond acceptors (Lipinski definition) is 6. The van der Waals surface area contributed by atoms with Gasteiger partial charge in [-0.25, -0.2) is 18.5 Å². The fourth-order valence-corrected chi connectivity index (χ4v) is 2.32. The molecule has 0 unspecified atom stereocenters. The van der Waals surface area contributed by atoms with Crippen LogP contribution in [-0.4, -0.2) is 22.9 Å². The number of nitrogens with two attached hydrogens (primary N) is 1. The van der Waals surface area contributed by atoms with Gasteiger partial charge in [-0.15, -0.1) is 0 Å². The Morgan fingerprint density at radius 3 is 2.71 bits per heavy atom. The lowest BCUT2D eigenvalue weighted by atomic mass is 10.3. The molecule has 10 heteroatoms. The van der Waals surface area contributed by atoms with E-state index in [2.05, 4.69) is 4.98 Å². The molecular weight excluding hydrogens is 300 g/mol. The van der Waals surface area contributed by atoms with Gasteiger partial charge in [-0.3, -0.25) is 10.1 Å². The highest BCUT2D eigenvalue weighted by molar-refractivity contribution is 7.89. The summed E-state index contributed by atoms with van der Waals surface area (Å²) in [4.78, 5) is 13.5. The Bertz CT molecular complexity index is 784. The minimum absolute atomic E-state index is 0.0516. The van der Waals surface area contributed by atoms with Crippen molar-refractivity contribution in [2.75, 3.05) is 0 Å². The maximum Gasteiger partial charge on any atom is 0.271 e. The number of nitro groups is 1. The lowest BCUT2D eigenvalue weighted by Crippen LogP contribution is -2.14. The van der Waals surface area contributed by atoms with Crippen LogP contribution in [0.4, 0.5) is 5.69 Å². The Balaban J connectivity index is 2.35. The number of hydrogen-bond donors (Lipinski definition) is 1. The van der Waals surface area contributed by atoms with Crippen molar-refractivity contribution >= 4 is 15.7 Å². The summed E-state index contributed by atoms with van der Waals surface area (Å²) in [5.74, 6) is -0.0516. The summed E-state index contributed by atoms with van der Waals surface area (Å²) in [6.07, 6.45) is 3.12. The Kier molecular flexibility index (Phi) is 3.91. The average Bonchev–Trinajstić information content (AvgIpc) is 2.80. The molecule has 21 heavy (non-hydrogen) atoms. The van der Waals surface area contributed by atoms with Gasteiger partial charge in [-0.1, -0.05) is 0 Å². The number of benzene rings is 1. The fraction of sp³-hybridized carbons (Fsp3) is 0.182. The van der Waals surface area contributed by atoms with E-state index in [0.717, 1.165) is 12.1 Å². The first kappa shape index (κ1) is 14.9. The second kappa shape index (κ2) is 5.50. The van der Waals surface area contributed by atoms with Crippen molar-refractivity contribution < 1.29 is 18.1 Å². The summed E-state index contributed by atoms with van der Waals surface area (Å²) < 4.78 is 30.1. The van der Waals surface area contributed by atoms with Crippen molar-refractivity contribution in [3.63, 3.8) is 0 Å². The Hall–Kier alpha value is -2.46. The zero-order chi connectivity index (χ0) is 15.6. The summed E-state index contributed by atoms with van der Waals surface area (Å²) in [5, 5.41) is 15.8. The van der Waals surface area contributed by atoms with Crippen molar-refractivity contribution in [3.05, 3.63) is 46.5 Å². The first-order valence-corrected chi connectivity index (χ1v) is 7.23. The van der Waals surface area contributed by atoms with Crippen molar-refractivity contribution in [2.24, 2.45) is 12.2 Å². The van der Waals surface area contributed by atoms with E-state index in [9.17, 15) is 18.5 Å². The van der Waals surface area contributed by atoms with Crippen LogP contribution < -0.4 is 9.88 Å². The van der Waals surface area contributed by atoms with Crippen LogP contribution in [0, 0.1) is 10.1 Å². The van der Waals surface area contributed by atoms with Crippen LogP contribution >= 0.6 is 0 Å². The Labute approximate surface area is 120 Å². The first-order valence-electron chi connectivity index (χ1n) is 5.68. The van der Waals surface area contributed by atoms with Crippen molar-refractivity contribution in [1.82, 2.24) is 9.55 Å². The van der Waals surface area contributed by atoms with Gasteiger partial charge in [0, 0.05) is 19.2 Å². The average molecular weight is 312 g/mol. The molecular formula is C11H12N4O5S. The number of non-ortho nitro benzene ring substituents is 1. The highest BCUT2D eigenvalue weighted by atomic mass is 32.2. The van der Waals surface area contributed by atoms with Gasteiger partial charge in [-0.2, -0.15) is 0 Å². The molecule has 0 aliphatic rings. The van der Waals surface area contributed by atoms with E-state index < -0.39 is 19.8 Å². The summed E-state index contributed by atoms with van der Waals surface area (Å²) >= 11 is 0. The van der Waals surface area contributed by atoms with Crippen LogP contribution in [0.2, 0.25) is 0 Å². The predicted octanol–water partition coefficient (Wildman–Crippen LogP) is 0.555. The molecule has 0 radical (unpaired) electrons. The second-order valence-electron chi connectivity index (χ2n) is 4.22. The maximum absolute atomic E-state index is 11.5. The molecule has 2 N–H and O–H groups in total. The van der Waals surface area contributed by atoms with Gasteiger partial charge in [0.05, 0.1) is 23.1 Å². The molecule has 0 atom stereocenters. The zero-order valence-electron chi connectivity index (χ0n) is 11.0. The minimum atomic E-state index is -4.14. The van der Waals surface area contributed by atoms with Crippen LogP contribution in [0.25, 0.3) is 0 Å². The number of rotatable bonds is 5. The van der Waals surface area contributed by atoms with Crippen LogP contribution in [0.3, 0.4) is 0 Å². The molecule has 112 valence electrons. The van der Waals surface area contributed by atoms with Crippen LogP contribution in [0.1, 0.15) is 5.69 Å². The number of imidazole rings is 1. The Morgan fingerprint density at radius 2 is 2.19 bits per heavy atom. The normalized spacial score (nSPS) is 11.3. The van der Waals surface area contributed by atoms with Crippen molar-refractivity contribution in [2.45, 2.75) is 11.5 Å². The van der Waals surface area contributed by atoms with E-state index in [1.54, 1.807) is 24.1 Å². The van der Waals surface area contributed by atoms with Gasteiger partial charge in [0.2, 0.25) is 10.0 Å². The molecule has 1 aromatic carbocycles. The van der Waals surface area contributed by atoms with E-state index in [-0.39, 0.29) is 18.0 Å². The van der Waals surface area contributed by atoms with E-state index in [1.165, 1.54) is 6.07 Å². The fourth-order valence-electron chi connectivity index (χ4n) is 1.63. The monoisotopic (exact) mass is 312 g/mol. The molecule has 2 rings (SSSR count). The molecule has 0 spiro atoms. The summed E-state index contributed by atoms with van der Waals surface area (Å²) in [6.45, 7) is 0.0524. The number of primary sulfonamides is 1. The third-order valence-electron chi connectivity index (χ3n) is 2.74. The standard InChI is InChI=1S/C11H12N4O5S/c1-14-7-13-5-9(14)6-20-10-3-2-8(15(16)17)4-11(10)21(12,18)19/h2-5,7H,6H2,1H3,(H2,12,18,19). The van der Waals surface area contributed by atoms with Gasteiger partial charge in [0.1, 0.15) is 17.3 Å². The smallest absolute Gasteiger partial charge is 0.271 e. The number of aromatic nitrogens is 2. The highest BCUT2D eigenvalue weighted by Gasteiger charge is 2.20. The molecule has 9 nitrogen and oxygen atoms in total. The highest BCUT2D eigenvalue weighted by Crippen LogP contribution is 2.28. The van der Waals surface area contributed by atoms with Crippen LogP contribution in [0.15, 0.2) is 35.6 Å². The number of aryl methyl sites for hydroxylation is 1. The molecule has 0 aliphatic carbocycles. The maximum atomic E-state index is 11.5. The number of nitrogens with zero attached hydrogens (tertiary/aromatic N) is 3. The summed E-state index contributed by atoms with van der Waals surface area (Å²) in [5.41, 5.74) is 0.320. The second-order valence-corrected chi connectivity index (χ2v) is 5.75. The third-order valence-corrected chi connectivity index (χ3v) is 3.67.